The number of nitrogens with one attached hydrogen (secondary N) is 2. The summed E-state index contributed by atoms with van der Waals surface area (Å²) in [6, 6.07) is 7.66. The molecule has 1 aromatic rings. The number of hydrogen-bond acceptors (Lipinski definition) is 4. The molecule has 1 saturated carbocycles. The molecular formula is C18H27ClN2O3. The summed E-state index contributed by atoms with van der Waals surface area (Å²) in [6.07, 6.45) is 6.42. The highest BCUT2D eigenvalue weighted by Gasteiger charge is 2.39. The second-order valence-corrected chi connectivity index (χ2v) is 6.45. The van der Waals surface area contributed by atoms with Crippen LogP contribution in [0.4, 0.5) is 5.69 Å². The van der Waals surface area contributed by atoms with E-state index >= 15 is 0 Å². The third kappa shape index (κ3) is 4.41. The number of rotatable bonds is 5. The topological polar surface area (TPSA) is 59.6 Å². The lowest BCUT2D eigenvalue weighted by molar-refractivity contribution is -0.140. The van der Waals surface area contributed by atoms with Gasteiger partial charge in [-0.05, 0) is 63.7 Å². The Bertz CT molecular complexity index is 541. The first-order valence-corrected chi connectivity index (χ1v) is 8.56. The maximum atomic E-state index is 12.7. The van der Waals surface area contributed by atoms with Crippen molar-refractivity contribution in [3.05, 3.63) is 24.3 Å². The average Bonchev–Trinajstić information content (AvgIpc) is 3.08. The number of amides is 1. The van der Waals surface area contributed by atoms with Gasteiger partial charge in [0.05, 0.1) is 6.10 Å². The second-order valence-electron chi connectivity index (χ2n) is 6.45. The molecule has 0 bridgehead atoms. The summed E-state index contributed by atoms with van der Waals surface area (Å²) in [5, 5.41) is 6.26. The lowest BCUT2D eigenvalue weighted by atomic mass is 9.91. The van der Waals surface area contributed by atoms with E-state index in [1.165, 1.54) is 12.8 Å². The largest absolute Gasteiger partial charge is 0.490 e. The van der Waals surface area contributed by atoms with Crippen LogP contribution in [-0.2, 0) is 9.53 Å². The molecule has 1 heterocycles. The minimum atomic E-state index is -0.729. The minimum Gasteiger partial charge on any atom is -0.490 e. The molecule has 6 heteroatoms. The number of methoxy groups -OCH3 is 1. The summed E-state index contributed by atoms with van der Waals surface area (Å²) in [5.74, 6) is 0.756. The van der Waals surface area contributed by atoms with Crippen LogP contribution >= 0.6 is 12.4 Å². The van der Waals surface area contributed by atoms with E-state index < -0.39 is 5.60 Å². The zero-order valence-electron chi connectivity index (χ0n) is 14.2. The normalized spacial score (nSPS) is 20.2. The Hall–Kier alpha value is -1.30. The van der Waals surface area contributed by atoms with E-state index in [9.17, 15) is 4.79 Å². The molecule has 3 rings (SSSR count). The number of ether oxygens (including phenoxy) is 2. The average molecular weight is 355 g/mol. The number of halogens is 1. The van der Waals surface area contributed by atoms with Crippen LogP contribution in [0.25, 0.3) is 0 Å². The van der Waals surface area contributed by atoms with Crippen molar-refractivity contribution in [3.63, 3.8) is 0 Å². The van der Waals surface area contributed by atoms with Gasteiger partial charge in [0, 0.05) is 18.9 Å². The zero-order valence-corrected chi connectivity index (χ0v) is 15.0. The highest BCUT2D eigenvalue weighted by atomic mass is 35.5. The molecule has 5 nitrogen and oxygen atoms in total. The van der Waals surface area contributed by atoms with E-state index in [2.05, 4.69) is 10.6 Å². The van der Waals surface area contributed by atoms with Gasteiger partial charge in [-0.15, -0.1) is 12.4 Å². The summed E-state index contributed by atoms with van der Waals surface area (Å²) in [7, 11) is 1.62. The molecule has 0 spiro atoms. The third-order valence-corrected chi connectivity index (χ3v) is 4.91. The van der Waals surface area contributed by atoms with E-state index in [0.717, 1.165) is 37.4 Å². The molecule has 24 heavy (non-hydrogen) atoms. The molecule has 1 aliphatic heterocycles. The van der Waals surface area contributed by atoms with Crippen molar-refractivity contribution >= 4 is 24.0 Å². The number of hydrogen-bond donors (Lipinski definition) is 2. The van der Waals surface area contributed by atoms with E-state index in [0.29, 0.717) is 18.9 Å². The first-order chi connectivity index (χ1) is 11.2. The van der Waals surface area contributed by atoms with Gasteiger partial charge in [-0.25, -0.2) is 0 Å². The molecule has 1 saturated heterocycles. The molecule has 2 fully saturated rings. The standard InChI is InChI=1S/C18H26N2O3.ClH/c1-22-18(9-11-19-12-10-18)17(21)20-14-5-4-8-16(13-14)23-15-6-2-3-7-15;/h4-5,8,13,15,19H,2-3,6-7,9-12H2,1H3,(H,20,21);1H. The Kier molecular flexibility index (Phi) is 6.90. The highest BCUT2D eigenvalue weighted by Crippen LogP contribution is 2.28. The monoisotopic (exact) mass is 354 g/mol. The van der Waals surface area contributed by atoms with Crippen LogP contribution in [0.1, 0.15) is 38.5 Å². The molecular weight excluding hydrogens is 328 g/mol. The van der Waals surface area contributed by atoms with E-state index in [-0.39, 0.29) is 18.3 Å². The highest BCUT2D eigenvalue weighted by molar-refractivity contribution is 5.97. The number of piperidine rings is 1. The molecule has 1 aromatic carbocycles. The Labute approximate surface area is 149 Å². The molecule has 134 valence electrons. The van der Waals surface area contributed by atoms with E-state index in [1.807, 2.05) is 24.3 Å². The van der Waals surface area contributed by atoms with Crippen molar-refractivity contribution in [1.29, 1.82) is 0 Å². The molecule has 2 N–H and O–H groups in total. The van der Waals surface area contributed by atoms with Gasteiger partial charge in [0.15, 0.2) is 0 Å². The lowest BCUT2D eigenvalue weighted by Crippen LogP contribution is -2.51. The maximum absolute atomic E-state index is 12.7. The predicted molar refractivity (Wildman–Crippen MR) is 97.0 cm³/mol. The summed E-state index contributed by atoms with van der Waals surface area (Å²) in [4.78, 5) is 12.7. The molecule has 0 unspecified atom stereocenters. The summed E-state index contributed by atoms with van der Waals surface area (Å²) in [6.45, 7) is 1.60. The predicted octanol–water partition coefficient (Wildman–Crippen LogP) is 3.14. The number of benzene rings is 1. The van der Waals surface area contributed by atoms with Gasteiger partial charge >= 0.3 is 0 Å². The van der Waals surface area contributed by atoms with Crippen LogP contribution in [0, 0.1) is 0 Å². The van der Waals surface area contributed by atoms with Gasteiger partial charge in [-0.2, -0.15) is 0 Å². The smallest absolute Gasteiger partial charge is 0.256 e. The van der Waals surface area contributed by atoms with Gasteiger partial charge in [-0.1, -0.05) is 6.07 Å². The van der Waals surface area contributed by atoms with E-state index in [1.54, 1.807) is 7.11 Å². The fourth-order valence-electron chi connectivity index (χ4n) is 3.45. The van der Waals surface area contributed by atoms with Crippen molar-refractivity contribution in [2.45, 2.75) is 50.2 Å². The molecule has 0 aromatic heterocycles. The SMILES string of the molecule is COC1(C(=O)Nc2cccc(OC3CCCC3)c2)CCNCC1.Cl. The van der Waals surface area contributed by atoms with Crippen LogP contribution in [-0.4, -0.2) is 37.8 Å². The minimum absolute atomic E-state index is 0. The van der Waals surface area contributed by atoms with E-state index in [4.69, 9.17) is 9.47 Å². The fourth-order valence-corrected chi connectivity index (χ4v) is 3.45. The summed E-state index contributed by atoms with van der Waals surface area (Å²) < 4.78 is 11.6. The molecule has 0 atom stereocenters. The van der Waals surface area contributed by atoms with Gasteiger partial charge in [0.25, 0.3) is 5.91 Å². The van der Waals surface area contributed by atoms with Crippen LogP contribution < -0.4 is 15.4 Å². The molecule has 0 radical (unpaired) electrons. The fraction of sp³-hybridized carbons (Fsp3) is 0.611. The van der Waals surface area contributed by atoms with Gasteiger partial charge in [0.2, 0.25) is 0 Å². The number of carbonyl (C=O) groups excluding carboxylic acids is 1. The third-order valence-electron chi connectivity index (χ3n) is 4.91. The van der Waals surface area contributed by atoms with Crippen molar-refractivity contribution in [1.82, 2.24) is 5.32 Å². The van der Waals surface area contributed by atoms with Crippen LogP contribution in [0.3, 0.4) is 0 Å². The van der Waals surface area contributed by atoms with Crippen molar-refractivity contribution < 1.29 is 14.3 Å². The summed E-state index contributed by atoms with van der Waals surface area (Å²) in [5.41, 5.74) is 0.0357. The van der Waals surface area contributed by atoms with Crippen LogP contribution in [0.15, 0.2) is 24.3 Å². The van der Waals surface area contributed by atoms with Gasteiger partial charge in [0.1, 0.15) is 11.4 Å². The van der Waals surface area contributed by atoms with Crippen molar-refractivity contribution in [2.24, 2.45) is 0 Å². The van der Waals surface area contributed by atoms with Gasteiger partial charge in [-0.3, -0.25) is 4.79 Å². The number of anilines is 1. The first-order valence-electron chi connectivity index (χ1n) is 8.56. The zero-order chi connectivity index (χ0) is 16.1. The number of carbonyl (C=O) groups is 1. The van der Waals surface area contributed by atoms with Crippen LogP contribution in [0.2, 0.25) is 0 Å². The Morgan fingerprint density at radius 1 is 1.25 bits per heavy atom. The first kappa shape index (κ1) is 19.0. The molecule has 2 aliphatic rings. The quantitative estimate of drug-likeness (QED) is 0.852. The summed E-state index contributed by atoms with van der Waals surface area (Å²) >= 11 is 0. The second kappa shape index (κ2) is 8.70. The Morgan fingerprint density at radius 3 is 2.62 bits per heavy atom. The Morgan fingerprint density at radius 2 is 1.96 bits per heavy atom. The van der Waals surface area contributed by atoms with Crippen molar-refractivity contribution in [3.8, 4) is 5.75 Å². The lowest BCUT2D eigenvalue weighted by Gasteiger charge is -2.34. The van der Waals surface area contributed by atoms with Crippen molar-refractivity contribution in [2.75, 3.05) is 25.5 Å². The van der Waals surface area contributed by atoms with Crippen LogP contribution in [0.5, 0.6) is 5.75 Å². The maximum Gasteiger partial charge on any atom is 0.256 e. The molecule has 1 amide bonds. The molecule has 1 aliphatic carbocycles. The Balaban J connectivity index is 0.00000208. The van der Waals surface area contributed by atoms with Gasteiger partial charge < -0.3 is 20.1 Å².